The number of carbonyl (C=O) groups excluding carboxylic acids is 2. The van der Waals surface area contributed by atoms with Gasteiger partial charge in [0.25, 0.3) is 5.56 Å². The summed E-state index contributed by atoms with van der Waals surface area (Å²) < 4.78 is 5.32. The van der Waals surface area contributed by atoms with Crippen LogP contribution in [0.2, 0.25) is 0 Å². The molecule has 0 fully saturated rings. The molecule has 1 amide bonds. The second-order valence-electron chi connectivity index (χ2n) is 4.22. The summed E-state index contributed by atoms with van der Waals surface area (Å²) in [6.07, 6.45) is 0.216. The molecule has 0 spiro atoms. The van der Waals surface area contributed by atoms with Crippen LogP contribution in [-0.2, 0) is 16.1 Å². The van der Waals surface area contributed by atoms with Crippen LogP contribution in [0.25, 0.3) is 0 Å². The maximum Gasteiger partial charge on any atom is 0.345 e. The fourth-order valence-corrected chi connectivity index (χ4v) is 2.15. The summed E-state index contributed by atoms with van der Waals surface area (Å²) in [6.45, 7) is 1.56. The van der Waals surface area contributed by atoms with Crippen LogP contribution >= 0.6 is 11.6 Å². The van der Waals surface area contributed by atoms with Crippen LogP contribution in [0.3, 0.4) is 0 Å². The number of ether oxygens (including phenoxy) is 1. The summed E-state index contributed by atoms with van der Waals surface area (Å²) in [5, 5.41) is 0. The van der Waals surface area contributed by atoms with Crippen molar-refractivity contribution in [2.45, 2.75) is 25.8 Å². The predicted molar refractivity (Wildman–Crippen MR) is 75.6 cm³/mol. The number of methoxy groups -OCH3 is 1. The van der Waals surface area contributed by atoms with Gasteiger partial charge >= 0.3 is 11.7 Å². The number of aromatic amines is 1. The second-order valence-corrected chi connectivity index (χ2v) is 4.60. The Morgan fingerprint density at radius 2 is 2.05 bits per heavy atom. The molecule has 1 atom stereocenters. The molecule has 0 bridgehead atoms. The number of rotatable bonds is 6. The van der Waals surface area contributed by atoms with Gasteiger partial charge in [0.05, 0.1) is 18.7 Å². The first-order chi connectivity index (χ1) is 9.88. The summed E-state index contributed by atoms with van der Waals surface area (Å²) in [4.78, 5) is 49.8. The fraction of sp³-hybridized carbons (Fsp3) is 0.500. The maximum atomic E-state index is 12.3. The summed E-state index contributed by atoms with van der Waals surface area (Å²) in [5.41, 5.74) is 3.09. The van der Waals surface area contributed by atoms with Gasteiger partial charge < -0.3 is 15.5 Å². The SMILES string of the molecule is CCC(C(N)=O)c1[nH]c(=O)n(CCCl)c(=O)c1C(=O)OC. The minimum absolute atomic E-state index is 0.00989. The van der Waals surface area contributed by atoms with E-state index in [2.05, 4.69) is 9.72 Å². The fourth-order valence-electron chi connectivity index (χ4n) is 1.98. The topological polar surface area (TPSA) is 124 Å². The highest BCUT2D eigenvalue weighted by Crippen LogP contribution is 2.18. The molecular formula is C12H16ClN3O5. The monoisotopic (exact) mass is 317 g/mol. The van der Waals surface area contributed by atoms with Gasteiger partial charge in [0.1, 0.15) is 5.56 Å². The highest BCUT2D eigenvalue weighted by Gasteiger charge is 2.28. The quantitative estimate of drug-likeness (QED) is 0.542. The van der Waals surface area contributed by atoms with Crippen molar-refractivity contribution in [3.05, 3.63) is 32.1 Å². The number of H-pyrrole nitrogens is 1. The van der Waals surface area contributed by atoms with Crippen LogP contribution in [0, 0.1) is 0 Å². The zero-order valence-electron chi connectivity index (χ0n) is 11.6. The van der Waals surface area contributed by atoms with E-state index < -0.39 is 34.6 Å². The zero-order valence-corrected chi connectivity index (χ0v) is 12.4. The van der Waals surface area contributed by atoms with Gasteiger partial charge in [0.15, 0.2) is 0 Å². The van der Waals surface area contributed by atoms with Gasteiger partial charge in [-0.15, -0.1) is 11.6 Å². The average Bonchev–Trinajstić information content (AvgIpc) is 2.43. The lowest BCUT2D eigenvalue weighted by Gasteiger charge is -2.15. The van der Waals surface area contributed by atoms with E-state index in [0.717, 1.165) is 11.7 Å². The molecule has 9 heteroatoms. The molecule has 1 aromatic rings. The molecule has 0 saturated carbocycles. The van der Waals surface area contributed by atoms with Gasteiger partial charge in [-0.1, -0.05) is 6.92 Å². The van der Waals surface area contributed by atoms with Crippen molar-refractivity contribution in [3.8, 4) is 0 Å². The van der Waals surface area contributed by atoms with E-state index in [1.165, 1.54) is 0 Å². The summed E-state index contributed by atoms with van der Waals surface area (Å²) >= 11 is 5.52. The van der Waals surface area contributed by atoms with Crippen molar-refractivity contribution in [3.63, 3.8) is 0 Å². The largest absolute Gasteiger partial charge is 0.465 e. The van der Waals surface area contributed by atoms with Crippen LogP contribution in [0.4, 0.5) is 0 Å². The molecule has 8 nitrogen and oxygen atoms in total. The number of alkyl halides is 1. The Labute approximate surface area is 124 Å². The molecule has 1 aromatic heterocycles. The number of carbonyl (C=O) groups is 2. The first kappa shape index (κ1) is 17.0. The smallest absolute Gasteiger partial charge is 0.345 e. The highest BCUT2D eigenvalue weighted by atomic mass is 35.5. The molecule has 1 heterocycles. The number of aromatic nitrogens is 2. The van der Waals surface area contributed by atoms with E-state index in [0.29, 0.717) is 0 Å². The van der Waals surface area contributed by atoms with Crippen molar-refractivity contribution in [2.24, 2.45) is 5.73 Å². The number of amides is 1. The van der Waals surface area contributed by atoms with Gasteiger partial charge in [-0.2, -0.15) is 0 Å². The van der Waals surface area contributed by atoms with Crippen LogP contribution in [-0.4, -0.2) is 34.4 Å². The molecular weight excluding hydrogens is 302 g/mol. The zero-order chi connectivity index (χ0) is 16.2. The first-order valence-electron chi connectivity index (χ1n) is 6.19. The lowest BCUT2D eigenvalue weighted by Crippen LogP contribution is -2.42. The lowest BCUT2D eigenvalue weighted by molar-refractivity contribution is -0.119. The molecule has 1 rings (SSSR count). The number of nitrogens with one attached hydrogen (secondary N) is 1. The third-order valence-corrected chi connectivity index (χ3v) is 3.18. The van der Waals surface area contributed by atoms with E-state index in [9.17, 15) is 19.2 Å². The van der Waals surface area contributed by atoms with Crippen LogP contribution in [0.5, 0.6) is 0 Å². The van der Waals surface area contributed by atoms with Crippen molar-refractivity contribution in [1.29, 1.82) is 0 Å². The van der Waals surface area contributed by atoms with E-state index in [1.807, 2.05) is 0 Å². The molecule has 0 aliphatic carbocycles. The number of primary amides is 1. The van der Waals surface area contributed by atoms with Gasteiger partial charge in [0.2, 0.25) is 5.91 Å². The Bertz CT molecular complexity index is 664. The lowest BCUT2D eigenvalue weighted by atomic mass is 9.97. The van der Waals surface area contributed by atoms with Crippen molar-refractivity contribution >= 4 is 23.5 Å². The minimum atomic E-state index is -0.967. The number of hydrogen-bond donors (Lipinski definition) is 2. The number of nitrogens with two attached hydrogens (primary N) is 1. The minimum Gasteiger partial charge on any atom is -0.465 e. The van der Waals surface area contributed by atoms with Crippen LogP contribution in [0.15, 0.2) is 9.59 Å². The third kappa shape index (κ3) is 3.33. The summed E-state index contributed by atoms with van der Waals surface area (Å²) in [6, 6.07) is 0. The van der Waals surface area contributed by atoms with Gasteiger partial charge in [-0.05, 0) is 6.42 Å². The molecule has 0 aliphatic heterocycles. The highest BCUT2D eigenvalue weighted by molar-refractivity contribution is 6.17. The van der Waals surface area contributed by atoms with E-state index >= 15 is 0 Å². The molecule has 0 radical (unpaired) electrons. The molecule has 1 unspecified atom stereocenters. The molecule has 21 heavy (non-hydrogen) atoms. The summed E-state index contributed by atoms with van der Waals surface area (Å²) in [5.74, 6) is -2.66. The average molecular weight is 318 g/mol. The van der Waals surface area contributed by atoms with Gasteiger partial charge in [-0.25, -0.2) is 9.59 Å². The van der Waals surface area contributed by atoms with Gasteiger partial charge in [-0.3, -0.25) is 14.2 Å². The number of hydrogen-bond acceptors (Lipinski definition) is 5. The van der Waals surface area contributed by atoms with Crippen molar-refractivity contribution in [2.75, 3.05) is 13.0 Å². The standard InChI is InChI=1S/C12H16ClN3O5/c1-3-6(9(14)17)8-7(11(19)21-2)10(18)16(5-4-13)12(20)15-8/h6H,3-5H2,1-2H3,(H2,14,17)(H,15,20). The number of esters is 1. The number of halogens is 1. The first-order valence-corrected chi connectivity index (χ1v) is 6.73. The Balaban J connectivity index is 3.72. The van der Waals surface area contributed by atoms with Crippen molar-refractivity contribution in [1.82, 2.24) is 9.55 Å². The van der Waals surface area contributed by atoms with Crippen molar-refractivity contribution < 1.29 is 14.3 Å². The molecule has 116 valence electrons. The summed E-state index contributed by atoms with van der Waals surface area (Å²) in [7, 11) is 1.09. The van der Waals surface area contributed by atoms with Gasteiger partial charge in [0, 0.05) is 12.4 Å². The van der Waals surface area contributed by atoms with Crippen LogP contribution < -0.4 is 17.0 Å². The van der Waals surface area contributed by atoms with E-state index in [1.54, 1.807) is 6.92 Å². The predicted octanol–water partition coefficient (Wildman–Crippen LogP) is -0.459. The Hall–Kier alpha value is -2.09. The molecule has 3 N–H and O–H groups in total. The number of nitrogens with zero attached hydrogens (tertiary/aromatic N) is 1. The van der Waals surface area contributed by atoms with E-state index in [-0.39, 0.29) is 24.5 Å². The normalized spacial score (nSPS) is 12.0. The Kier molecular flexibility index (Phi) is 5.71. The maximum absolute atomic E-state index is 12.3. The van der Waals surface area contributed by atoms with Crippen LogP contribution in [0.1, 0.15) is 35.3 Å². The molecule has 0 aliphatic rings. The Morgan fingerprint density at radius 3 is 2.48 bits per heavy atom. The molecule has 0 aromatic carbocycles. The molecule has 0 saturated heterocycles. The second kappa shape index (κ2) is 7.07. The van der Waals surface area contributed by atoms with E-state index in [4.69, 9.17) is 17.3 Å². The Morgan fingerprint density at radius 1 is 1.43 bits per heavy atom. The third-order valence-electron chi connectivity index (χ3n) is 3.01.